The molecule has 3 heterocycles. The lowest BCUT2D eigenvalue weighted by atomic mass is 9.79. The minimum absolute atomic E-state index is 0.00461. The van der Waals surface area contributed by atoms with E-state index in [-0.39, 0.29) is 29.1 Å². The number of aryl methyl sites for hydroxylation is 1. The zero-order valence-electron chi connectivity index (χ0n) is 17.0. The quantitative estimate of drug-likeness (QED) is 0.883. The summed E-state index contributed by atoms with van der Waals surface area (Å²) in [6.07, 6.45) is 3.60. The average molecular weight is 358 g/mol. The van der Waals surface area contributed by atoms with Gasteiger partial charge in [0.05, 0.1) is 17.5 Å². The first kappa shape index (κ1) is 18.8. The second-order valence-corrected chi connectivity index (χ2v) is 9.19. The van der Waals surface area contributed by atoms with Crippen LogP contribution < -0.4 is 10.6 Å². The fourth-order valence-corrected chi connectivity index (χ4v) is 4.36. The summed E-state index contributed by atoms with van der Waals surface area (Å²) in [5.41, 5.74) is 2.20. The molecule has 6 nitrogen and oxygen atoms in total. The molecule has 6 heteroatoms. The van der Waals surface area contributed by atoms with Gasteiger partial charge in [0.2, 0.25) is 0 Å². The summed E-state index contributed by atoms with van der Waals surface area (Å²) in [6, 6.07) is 2.29. The Kier molecular flexibility index (Phi) is 4.59. The van der Waals surface area contributed by atoms with Crippen molar-refractivity contribution in [1.82, 2.24) is 25.4 Å². The topological polar surface area (TPSA) is 71.8 Å². The minimum Gasteiger partial charge on any atom is -0.349 e. The summed E-state index contributed by atoms with van der Waals surface area (Å²) in [5.74, 6) is -0.0484. The van der Waals surface area contributed by atoms with Gasteiger partial charge in [-0.2, -0.15) is 5.10 Å². The summed E-state index contributed by atoms with van der Waals surface area (Å²) < 4.78 is 1.89. The molecule has 1 saturated heterocycles. The first-order valence-electron chi connectivity index (χ1n) is 9.42. The van der Waals surface area contributed by atoms with Gasteiger partial charge in [-0.25, -0.2) is 9.67 Å². The van der Waals surface area contributed by atoms with E-state index < -0.39 is 0 Å². The van der Waals surface area contributed by atoms with Crippen LogP contribution in [0.5, 0.6) is 0 Å². The highest BCUT2D eigenvalue weighted by Crippen LogP contribution is 2.29. The molecular formula is C20H31N5O. The van der Waals surface area contributed by atoms with Crippen LogP contribution in [-0.2, 0) is 0 Å². The van der Waals surface area contributed by atoms with Gasteiger partial charge in [-0.3, -0.25) is 4.79 Å². The van der Waals surface area contributed by atoms with Gasteiger partial charge in [0.15, 0.2) is 5.65 Å². The third-order valence-corrected chi connectivity index (χ3v) is 5.02. The number of nitrogens with one attached hydrogen (secondary N) is 2. The molecular weight excluding hydrogens is 326 g/mol. The van der Waals surface area contributed by atoms with Gasteiger partial charge in [0, 0.05) is 28.5 Å². The van der Waals surface area contributed by atoms with Gasteiger partial charge in [0.25, 0.3) is 5.91 Å². The van der Waals surface area contributed by atoms with Crippen LogP contribution in [0, 0.1) is 6.92 Å². The first-order valence-corrected chi connectivity index (χ1v) is 9.42. The first-order chi connectivity index (χ1) is 12.0. The maximum atomic E-state index is 12.9. The molecule has 2 N–H and O–H groups in total. The van der Waals surface area contributed by atoms with Crippen molar-refractivity contribution < 1.29 is 4.79 Å². The predicted octanol–water partition coefficient (Wildman–Crippen LogP) is 3.36. The number of fused-ring (bicyclic) bond motifs is 1. The second-order valence-electron chi connectivity index (χ2n) is 9.19. The van der Waals surface area contributed by atoms with Gasteiger partial charge in [-0.05, 0) is 67.4 Å². The Balaban J connectivity index is 1.85. The number of carbonyl (C=O) groups excluding carboxylic acids is 1. The molecule has 0 saturated carbocycles. The molecule has 0 unspecified atom stereocenters. The highest BCUT2D eigenvalue weighted by molar-refractivity contribution is 5.98. The lowest BCUT2D eigenvalue weighted by molar-refractivity contribution is 0.0872. The fourth-order valence-electron chi connectivity index (χ4n) is 4.36. The Hall–Kier alpha value is -1.95. The predicted molar refractivity (Wildman–Crippen MR) is 104 cm³/mol. The maximum Gasteiger partial charge on any atom is 0.253 e. The third kappa shape index (κ3) is 3.75. The molecule has 1 fully saturated rings. The van der Waals surface area contributed by atoms with Gasteiger partial charge in [-0.15, -0.1) is 0 Å². The lowest BCUT2D eigenvalue weighted by Crippen LogP contribution is -2.62. The van der Waals surface area contributed by atoms with Crippen molar-refractivity contribution >= 4 is 16.9 Å². The Morgan fingerprint density at radius 2 is 1.88 bits per heavy atom. The van der Waals surface area contributed by atoms with E-state index in [2.05, 4.69) is 62.3 Å². The molecule has 1 amide bonds. The Bertz CT molecular complexity index is 818. The summed E-state index contributed by atoms with van der Waals surface area (Å²) in [6.45, 7) is 14.8. The van der Waals surface area contributed by atoms with E-state index in [1.54, 1.807) is 6.20 Å². The van der Waals surface area contributed by atoms with Gasteiger partial charge < -0.3 is 10.6 Å². The van der Waals surface area contributed by atoms with Crippen molar-refractivity contribution in [3.8, 4) is 0 Å². The number of aromatic nitrogens is 3. The highest BCUT2D eigenvalue weighted by atomic mass is 16.1. The van der Waals surface area contributed by atoms with Crippen LogP contribution in [0.15, 0.2) is 12.3 Å². The molecule has 0 bridgehead atoms. The summed E-state index contributed by atoms with van der Waals surface area (Å²) in [7, 11) is 0. The van der Waals surface area contributed by atoms with E-state index in [1.807, 2.05) is 17.7 Å². The molecule has 0 spiro atoms. The number of carbonyl (C=O) groups is 1. The smallest absolute Gasteiger partial charge is 0.253 e. The number of hydrogen-bond acceptors (Lipinski definition) is 4. The van der Waals surface area contributed by atoms with Crippen molar-refractivity contribution in [1.29, 1.82) is 0 Å². The summed E-state index contributed by atoms with van der Waals surface area (Å²) in [5, 5.41) is 12.2. The Labute approximate surface area is 155 Å². The monoisotopic (exact) mass is 357 g/mol. The van der Waals surface area contributed by atoms with Crippen LogP contribution >= 0.6 is 0 Å². The van der Waals surface area contributed by atoms with E-state index in [9.17, 15) is 4.79 Å². The average Bonchev–Trinajstić information content (AvgIpc) is 2.85. The molecule has 2 aromatic heterocycles. The molecule has 26 heavy (non-hydrogen) atoms. The van der Waals surface area contributed by atoms with Crippen molar-refractivity contribution in [3.05, 3.63) is 23.5 Å². The van der Waals surface area contributed by atoms with Crippen LogP contribution in [0.3, 0.4) is 0 Å². The molecule has 3 rings (SSSR count). The molecule has 0 aliphatic carbocycles. The van der Waals surface area contributed by atoms with Crippen molar-refractivity contribution in [2.45, 2.75) is 84.5 Å². The highest BCUT2D eigenvalue weighted by Gasteiger charge is 2.38. The molecule has 2 aromatic rings. The van der Waals surface area contributed by atoms with E-state index in [4.69, 9.17) is 0 Å². The fraction of sp³-hybridized carbons (Fsp3) is 0.650. The van der Waals surface area contributed by atoms with Crippen LogP contribution in [-0.4, -0.2) is 37.8 Å². The standard InChI is InChI=1S/C20H31N5O/c1-12(2)25-17-14(11-21-25)8-16(13(3)22-17)18(26)23-15-9-19(4,5)24-20(6,7)10-15/h8,11-12,15,24H,9-10H2,1-7H3,(H,23,26). The van der Waals surface area contributed by atoms with E-state index >= 15 is 0 Å². The van der Waals surface area contributed by atoms with E-state index in [0.29, 0.717) is 5.56 Å². The van der Waals surface area contributed by atoms with Crippen LogP contribution in [0.1, 0.15) is 76.5 Å². The molecule has 0 aromatic carbocycles. The maximum absolute atomic E-state index is 12.9. The third-order valence-electron chi connectivity index (χ3n) is 5.02. The normalized spacial score (nSPS) is 19.8. The number of nitrogens with zero attached hydrogens (tertiary/aromatic N) is 3. The number of rotatable bonds is 3. The van der Waals surface area contributed by atoms with Crippen molar-refractivity contribution in [3.63, 3.8) is 0 Å². The SMILES string of the molecule is Cc1nc2c(cnn2C(C)C)cc1C(=O)NC1CC(C)(C)NC(C)(C)C1. The summed E-state index contributed by atoms with van der Waals surface area (Å²) >= 11 is 0. The number of hydrogen-bond donors (Lipinski definition) is 2. The van der Waals surface area contributed by atoms with Crippen molar-refractivity contribution in [2.75, 3.05) is 0 Å². The van der Waals surface area contributed by atoms with Crippen molar-refractivity contribution in [2.24, 2.45) is 0 Å². The van der Waals surface area contributed by atoms with Crippen LogP contribution in [0.25, 0.3) is 11.0 Å². The van der Waals surface area contributed by atoms with Crippen LogP contribution in [0.2, 0.25) is 0 Å². The van der Waals surface area contributed by atoms with E-state index in [1.165, 1.54) is 0 Å². The number of pyridine rings is 1. The van der Waals surface area contributed by atoms with Gasteiger partial charge in [0.1, 0.15) is 0 Å². The zero-order chi connectivity index (χ0) is 19.3. The zero-order valence-corrected chi connectivity index (χ0v) is 17.0. The number of piperidine rings is 1. The summed E-state index contributed by atoms with van der Waals surface area (Å²) in [4.78, 5) is 17.6. The van der Waals surface area contributed by atoms with Gasteiger partial charge >= 0.3 is 0 Å². The molecule has 1 aliphatic rings. The largest absolute Gasteiger partial charge is 0.349 e. The van der Waals surface area contributed by atoms with Gasteiger partial charge in [-0.1, -0.05) is 0 Å². The number of amides is 1. The lowest BCUT2D eigenvalue weighted by Gasteiger charge is -2.46. The Morgan fingerprint density at radius 1 is 1.27 bits per heavy atom. The molecule has 0 atom stereocenters. The molecule has 0 radical (unpaired) electrons. The van der Waals surface area contributed by atoms with Crippen LogP contribution in [0.4, 0.5) is 0 Å². The Morgan fingerprint density at radius 3 is 2.46 bits per heavy atom. The second kappa shape index (κ2) is 6.34. The molecule has 142 valence electrons. The minimum atomic E-state index is -0.0484. The van der Waals surface area contributed by atoms with E-state index in [0.717, 1.165) is 29.6 Å². The molecule has 1 aliphatic heterocycles.